The van der Waals surface area contributed by atoms with Crippen LogP contribution in [0.1, 0.15) is 0 Å². The van der Waals surface area contributed by atoms with E-state index < -0.39 is 30.7 Å². The summed E-state index contributed by atoms with van der Waals surface area (Å²) in [7, 11) is 0. The summed E-state index contributed by atoms with van der Waals surface area (Å²) in [5.41, 5.74) is 0. The van der Waals surface area contributed by atoms with Crippen LogP contribution in [0.15, 0.2) is 0 Å². The molecule has 2 heterocycles. The van der Waals surface area contributed by atoms with Gasteiger partial charge in [0.05, 0.1) is 6.61 Å². The molecule has 0 spiro atoms. The van der Waals surface area contributed by atoms with Gasteiger partial charge < -0.3 is 24.8 Å². The maximum absolute atomic E-state index is 9.22. The molecule has 0 radical (unpaired) electrons. The number of hydrogen-bond acceptors (Lipinski definition) is 5. The van der Waals surface area contributed by atoms with Gasteiger partial charge in [-0.1, -0.05) is 0 Å². The molecule has 5 atom stereocenters. The van der Waals surface area contributed by atoms with Crippen LogP contribution in [-0.2, 0) is 9.47 Å². The molecule has 2 saturated heterocycles. The van der Waals surface area contributed by atoms with Crippen LogP contribution < -0.4 is 0 Å². The highest BCUT2D eigenvalue weighted by molar-refractivity contribution is 4.93. The summed E-state index contributed by atoms with van der Waals surface area (Å²) in [5, 5.41) is 27.6. The van der Waals surface area contributed by atoms with Gasteiger partial charge in [0.2, 0.25) is 0 Å². The quantitative estimate of drug-likeness (QED) is 0.377. The molecule has 5 heteroatoms. The van der Waals surface area contributed by atoms with E-state index in [9.17, 15) is 10.2 Å². The summed E-state index contributed by atoms with van der Waals surface area (Å²) < 4.78 is 9.84. The maximum Gasteiger partial charge on any atom is 0.186 e. The first-order valence-electron chi connectivity index (χ1n) is 3.51. The van der Waals surface area contributed by atoms with E-state index in [1.807, 2.05) is 0 Å². The molecule has 2 bridgehead atoms. The fourth-order valence-corrected chi connectivity index (χ4v) is 1.42. The van der Waals surface area contributed by atoms with Crippen molar-refractivity contribution in [3.8, 4) is 0 Å². The lowest BCUT2D eigenvalue weighted by Crippen LogP contribution is -2.41. The molecule has 5 unspecified atom stereocenters. The SMILES string of the molecule is OC1COC2OC1C(O)C2O. The lowest BCUT2D eigenvalue weighted by molar-refractivity contribution is -0.233. The second-order valence-corrected chi connectivity index (χ2v) is 2.85. The highest BCUT2D eigenvalue weighted by atomic mass is 16.7. The van der Waals surface area contributed by atoms with Gasteiger partial charge in [0.15, 0.2) is 6.29 Å². The van der Waals surface area contributed by atoms with Gasteiger partial charge in [0.25, 0.3) is 0 Å². The van der Waals surface area contributed by atoms with Crippen molar-refractivity contribution in [2.45, 2.75) is 30.7 Å². The second kappa shape index (κ2) is 2.40. The molecule has 0 aliphatic carbocycles. The van der Waals surface area contributed by atoms with Crippen LogP contribution in [0.5, 0.6) is 0 Å². The van der Waals surface area contributed by atoms with Gasteiger partial charge in [0.1, 0.15) is 24.4 Å². The topological polar surface area (TPSA) is 79.2 Å². The minimum Gasteiger partial charge on any atom is -0.388 e. The minimum atomic E-state index is -1.03. The van der Waals surface area contributed by atoms with Crippen LogP contribution in [0.3, 0.4) is 0 Å². The van der Waals surface area contributed by atoms with Gasteiger partial charge in [-0.25, -0.2) is 0 Å². The first-order chi connectivity index (χ1) is 5.20. The lowest BCUT2D eigenvalue weighted by atomic mass is 10.1. The average molecular weight is 162 g/mol. The molecule has 2 aliphatic heterocycles. The lowest BCUT2D eigenvalue weighted by Gasteiger charge is -2.25. The number of ether oxygens (including phenoxy) is 2. The predicted molar refractivity (Wildman–Crippen MR) is 32.6 cm³/mol. The van der Waals surface area contributed by atoms with E-state index in [0.717, 1.165) is 0 Å². The van der Waals surface area contributed by atoms with Crippen LogP contribution in [0, 0.1) is 0 Å². The van der Waals surface area contributed by atoms with Crippen LogP contribution in [-0.4, -0.2) is 52.6 Å². The summed E-state index contributed by atoms with van der Waals surface area (Å²) in [4.78, 5) is 0. The molecule has 64 valence electrons. The number of rotatable bonds is 0. The Kier molecular flexibility index (Phi) is 1.62. The van der Waals surface area contributed by atoms with E-state index in [1.165, 1.54) is 0 Å². The van der Waals surface area contributed by atoms with E-state index in [4.69, 9.17) is 14.6 Å². The minimum absolute atomic E-state index is 0.115. The zero-order chi connectivity index (χ0) is 8.01. The molecule has 0 aromatic carbocycles. The van der Waals surface area contributed by atoms with Crippen molar-refractivity contribution >= 4 is 0 Å². The van der Waals surface area contributed by atoms with Crippen molar-refractivity contribution < 1.29 is 24.8 Å². The summed E-state index contributed by atoms with van der Waals surface area (Å²) in [5.74, 6) is 0. The van der Waals surface area contributed by atoms with Crippen molar-refractivity contribution in [1.29, 1.82) is 0 Å². The third-order valence-corrected chi connectivity index (χ3v) is 2.07. The van der Waals surface area contributed by atoms with Gasteiger partial charge in [-0.2, -0.15) is 0 Å². The molecule has 5 nitrogen and oxygen atoms in total. The Morgan fingerprint density at radius 2 is 1.82 bits per heavy atom. The molecule has 0 aromatic heterocycles. The highest BCUT2D eigenvalue weighted by Gasteiger charge is 2.50. The molecule has 2 rings (SSSR count). The Morgan fingerprint density at radius 3 is 2.45 bits per heavy atom. The van der Waals surface area contributed by atoms with Crippen LogP contribution >= 0.6 is 0 Å². The zero-order valence-electron chi connectivity index (χ0n) is 5.75. The highest BCUT2D eigenvalue weighted by Crippen LogP contribution is 2.28. The number of aliphatic hydroxyl groups excluding tert-OH is 3. The third kappa shape index (κ3) is 0.969. The standard InChI is InChI=1S/C6H10O5/c7-2-1-10-6-4(9)3(8)5(2)11-6/h2-9H,1H2. The van der Waals surface area contributed by atoms with E-state index in [0.29, 0.717) is 0 Å². The molecule has 11 heavy (non-hydrogen) atoms. The fourth-order valence-electron chi connectivity index (χ4n) is 1.42. The van der Waals surface area contributed by atoms with Gasteiger partial charge in [0, 0.05) is 0 Å². The Morgan fingerprint density at radius 1 is 1.09 bits per heavy atom. The Bertz CT molecular complexity index is 161. The van der Waals surface area contributed by atoms with Crippen LogP contribution in [0.25, 0.3) is 0 Å². The van der Waals surface area contributed by atoms with Crippen molar-refractivity contribution in [1.82, 2.24) is 0 Å². The van der Waals surface area contributed by atoms with Gasteiger partial charge in [-0.3, -0.25) is 0 Å². The smallest absolute Gasteiger partial charge is 0.186 e. The molecule has 2 aliphatic rings. The zero-order valence-corrected chi connectivity index (χ0v) is 5.75. The molecule has 0 saturated carbocycles. The molecule has 0 aromatic rings. The van der Waals surface area contributed by atoms with Gasteiger partial charge >= 0.3 is 0 Å². The van der Waals surface area contributed by atoms with Crippen molar-refractivity contribution in [3.63, 3.8) is 0 Å². The average Bonchev–Trinajstić information content (AvgIpc) is 2.24. The van der Waals surface area contributed by atoms with Crippen molar-refractivity contribution in [2.75, 3.05) is 6.61 Å². The molecular formula is C6H10O5. The second-order valence-electron chi connectivity index (χ2n) is 2.85. The largest absolute Gasteiger partial charge is 0.388 e. The first-order valence-corrected chi connectivity index (χ1v) is 3.51. The monoisotopic (exact) mass is 162 g/mol. The van der Waals surface area contributed by atoms with E-state index in [2.05, 4.69) is 0 Å². The summed E-state index contributed by atoms with van der Waals surface area (Å²) in [6.07, 6.45) is -4.35. The summed E-state index contributed by atoms with van der Waals surface area (Å²) >= 11 is 0. The number of fused-ring (bicyclic) bond motifs is 2. The molecule has 3 N–H and O–H groups in total. The Labute approximate surface area is 63.2 Å². The maximum atomic E-state index is 9.22. The third-order valence-electron chi connectivity index (χ3n) is 2.07. The van der Waals surface area contributed by atoms with E-state index >= 15 is 0 Å². The van der Waals surface area contributed by atoms with Crippen LogP contribution in [0.2, 0.25) is 0 Å². The Balaban J connectivity index is 2.16. The predicted octanol–water partition coefficient (Wildman–Crippen LogP) is -2.18. The Hall–Kier alpha value is -0.200. The van der Waals surface area contributed by atoms with Crippen molar-refractivity contribution in [3.05, 3.63) is 0 Å². The summed E-state index contributed by atoms with van der Waals surface area (Å²) in [6.45, 7) is 0.115. The van der Waals surface area contributed by atoms with Crippen molar-refractivity contribution in [2.24, 2.45) is 0 Å². The van der Waals surface area contributed by atoms with Gasteiger partial charge in [-0.05, 0) is 0 Å². The van der Waals surface area contributed by atoms with Gasteiger partial charge in [-0.15, -0.1) is 0 Å². The van der Waals surface area contributed by atoms with Crippen LogP contribution in [0.4, 0.5) is 0 Å². The number of hydrogen-bond donors (Lipinski definition) is 3. The van der Waals surface area contributed by atoms with E-state index in [-0.39, 0.29) is 6.61 Å². The summed E-state index contributed by atoms with van der Waals surface area (Å²) in [6, 6.07) is 0. The molecule has 0 amide bonds. The normalized spacial score (nSPS) is 56.5. The first kappa shape index (κ1) is 7.45. The molecule has 2 fully saturated rings. The number of aliphatic hydroxyl groups is 3. The molecular weight excluding hydrogens is 152 g/mol. The van der Waals surface area contributed by atoms with E-state index in [1.54, 1.807) is 0 Å². The fraction of sp³-hybridized carbons (Fsp3) is 1.00.